The van der Waals surface area contributed by atoms with E-state index < -0.39 is 0 Å². The number of furan rings is 1. The van der Waals surface area contributed by atoms with Crippen molar-refractivity contribution in [3.8, 4) is 62.1 Å². The van der Waals surface area contributed by atoms with Gasteiger partial charge in [0.25, 0.3) is 0 Å². The smallest absolute Gasteiger partial charge is 0.164 e. The van der Waals surface area contributed by atoms with Gasteiger partial charge in [-0.3, -0.25) is 0 Å². The van der Waals surface area contributed by atoms with Crippen molar-refractivity contribution in [2.45, 2.75) is 19.3 Å². The largest absolute Gasteiger partial charge is 0.456 e. The van der Waals surface area contributed by atoms with Crippen LogP contribution in [-0.2, 0) is 5.41 Å². The quantitative estimate of drug-likeness (QED) is 0.175. The van der Waals surface area contributed by atoms with E-state index in [0.717, 1.165) is 61.0 Å². The van der Waals surface area contributed by atoms with E-state index in [1.807, 2.05) is 66.7 Å². The number of rotatable bonds is 5. The summed E-state index contributed by atoms with van der Waals surface area (Å²) in [5, 5.41) is 4.45. The normalized spacial score (nSPS) is 13.1. The molecular weight excluding hydrogens is 721 g/mol. The summed E-state index contributed by atoms with van der Waals surface area (Å²) in [5.41, 5.74) is 15.0. The topological polar surface area (TPSA) is 56.7 Å². The number of benzene rings is 8. The van der Waals surface area contributed by atoms with Gasteiger partial charge in [-0.05, 0) is 75.8 Å². The van der Waals surface area contributed by atoms with Gasteiger partial charge in [0.2, 0.25) is 0 Å². The van der Waals surface area contributed by atoms with Crippen LogP contribution >= 0.6 is 0 Å². The van der Waals surface area contributed by atoms with E-state index in [1.165, 1.54) is 38.5 Å². The Morgan fingerprint density at radius 3 is 1.76 bits per heavy atom. The van der Waals surface area contributed by atoms with E-state index in [2.05, 4.69) is 134 Å². The van der Waals surface area contributed by atoms with Crippen molar-refractivity contribution in [1.29, 1.82) is 0 Å². The third kappa shape index (κ3) is 5.14. The van der Waals surface area contributed by atoms with Gasteiger partial charge in [-0.1, -0.05) is 147 Å². The molecule has 1 aliphatic rings. The molecule has 0 spiro atoms. The molecule has 11 aromatic rings. The van der Waals surface area contributed by atoms with Gasteiger partial charge in [0, 0.05) is 55.4 Å². The molecule has 8 aromatic carbocycles. The van der Waals surface area contributed by atoms with Crippen LogP contribution in [0, 0.1) is 0 Å². The van der Waals surface area contributed by atoms with Crippen molar-refractivity contribution in [2.24, 2.45) is 0 Å². The molecule has 3 heterocycles. The minimum Gasteiger partial charge on any atom is -0.456 e. The van der Waals surface area contributed by atoms with Gasteiger partial charge >= 0.3 is 0 Å². The van der Waals surface area contributed by atoms with Crippen LogP contribution in [0.15, 0.2) is 186 Å². The molecule has 5 nitrogen and oxygen atoms in total. The lowest BCUT2D eigenvalue weighted by Gasteiger charge is -2.21. The second-order valence-electron chi connectivity index (χ2n) is 16.0. The zero-order valence-corrected chi connectivity index (χ0v) is 32.5. The van der Waals surface area contributed by atoms with Crippen LogP contribution in [0.1, 0.15) is 25.0 Å². The molecule has 5 heteroatoms. The van der Waals surface area contributed by atoms with E-state index in [-0.39, 0.29) is 5.41 Å². The zero-order chi connectivity index (χ0) is 39.2. The summed E-state index contributed by atoms with van der Waals surface area (Å²) < 4.78 is 9.33. The Kier molecular flexibility index (Phi) is 7.20. The molecule has 278 valence electrons. The van der Waals surface area contributed by atoms with E-state index in [9.17, 15) is 0 Å². The molecule has 0 unspecified atom stereocenters. The summed E-state index contributed by atoms with van der Waals surface area (Å²) in [5.74, 6) is 1.82. The maximum atomic E-state index is 6.93. The van der Waals surface area contributed by atoms with Crippen LogP contribution in [0.2, 0.25) is 0 Å². The fourth-order valence-corrected chi connectivity index (χ4v) is 9.38. The molecule has 0 N–H and O–H groups in total. The number of aromatic nitrogens is 4. The first kappa shape index (κ1) is 33.5. The predicted molar refractivity (Wildman–Crippen MR) is 241 cm³/mol. The Morgan fingerprint density at radius 2 is 1.03 bits per heavy atom. The average molecular weight is 757 g/mol. The van der Waals surface area contributed by atoms with E-state index in [1.54, 1.807) is 0 Å². The molecule has 0 amide bonds. The highest BCUT2D eigenvalue weighted by atomic mass is 16.3. The highest BCUT2D eigenvalue weighted by molar-refractivity contribution is 6.15. The Morgan fingerprint density at radius 1 is 0.407 bits per heavy atom. The van der Waals surface area contributed by atoms with Crippen molar-refractivity contribution in [3.63, 3.8) is 0 Å². The van der Waals surface area contributed by atoms with Crippen LogP contribution in [0.5, 0.6) is 0 Å². The second-order valence-corrected chi connectivity index (χ2v) is 16.0. The highest BCUT2D eigenvalue weighted by Gasteiger charge is 2.36. The zero-order valence-electron chi connectivity index (χ0n) is 32.5. The van der Waals surface area contributed by atoms with Crippen LogP contribution in [0.25, 0.3) is 106 Å². The molecule has 0 saturated carbocycles. The molecule has 0 saturated heterocycles. The summed E-state index contributed by atoms with van der Waals surface area (Å²) in [6.07, 6.45) is 0. The maximum Gasteiger partial charge on any atom is 0.164 e. The standard InChI is InChI=1S/C54H36N4O/c1-54(2)44-24-14-12-22-38(44)41-32-47-42(31-45(41)54)39-23-13-15-25-46(39)58(47)37-26-27-40-48(30-37)59-49-29-36(33-16-6-3-7-17-33)28-43(50(40)49)53-56-51(34-18-8-4-9-19-34)55-52(57-53)35-20-10-5-11-21-35/h3-32H,1-2H3. The van der Waals surface area contributed by atoms with Gasteiger partial charge < -0.3 is 8.98 Å². The highest BCUT2D eigenvalue weighted by Crippen LogP contribution is 2.51. The van der Waals surface area contributed by atoms with Crippen LogP contribution in [0.3, 0.4) is 0 Å². The summed E-state index contributed by atoms with van der Waals surface area (Å²) in [7, 11) is 0. The lowest BCUT2D eigenvalue weighted by atomic mass is 9.82. The number of hydrogen-bond donors (Lipinski definition) is 0. The van der Waals surface area contributed by atoms with Crippen LogP contribution < -0.4 is 0 Å². The first-order valence-electron chi connectivity index (χ1n) is 20.1. The monoisotopic (exact) mass is 756 g/mol. The predicted octanol–water partition coefficient (Wildman–Crippen LogP) is 13.8. The van der Waals surface area contributed by atoms with Gasteiger partial charge in [-0.25, -0.2) is 15.0 Å². The Balaban J connectivity index is 1.11. The fourth-order valence-electron chi connectivity index (χ4n) is 9.38. The van der Waals surface area contributed by atoms with Crippen LogP contribution in [-0.4, -0.2) is 19.5 Å². The van der Waals surface area contributed by atoms with Crippen molar-refractivity contribution in [1.82, 2.24) is 19.5 Å². The fraction of sp³-hybridized carbons (Fsp3) is 0.0556. The Hall–Kier alpha value is -7.63. The molecule has 0 aliphatic heterocycles. The third-order valence-corrected chi connectivity index (χ3v) is 12.2. The van der Waals surface area contributed by atoms with Gasteiger partial charge in [0.05, 0.1) is 11.0 Å². The number of para-hydroxylation sites is 1. The molecule has 1 aliphatic carbocycles. The summed E-state index contributed by atoms with van der Waals surface area (Å²) in [6, 6.07) is 64.1. The van der Waals surface area contributed by atoms with Crippen molar-refractivity contribution < 1.29 is 4.42 Å². The summed E-state index contributed by atoms with van der Waals surface area (Å²) in [4.78, 5) is 15.4. The summed E-state index contributed by atoms with van der Waals surface area (Å²) >= 11 is 0. The van der Waals surface area contributed by atoms with Gasteiger partial charge in [-0.2, -0.15) is 0 Å². The van der Waals surface area contributed by atoms with Crippen molar-refractivity contribution in [3.05, 3.63) is 193 Å². The van der Waals surface area contributed by atoms with Crippen molar-refractivity contribution >= 4 is 43.7 Å². The van der Waals surface area contributed by atoms with E-state index in [4.69, 9.17) is 19.4 Å². The molecule has 12 rings (SSSR count). The molecule has 0 fully saturated rings. The van der Waals surface area contributed by atoms with E-state index >= 15 is 0 Å². The lowest BCUT2D eigenvalue weighted by molar-refractivity contribution is 0.661. The van der Waals surface area contributed by atoms with E-state index in [0.29, 0.717) is 17.5 Å². The Bertz CT molecular complexity index is 3400. The third-order valence-electron chi connectivity index (χ3n) is 12.2. The summed E-state index contributed by atoms with van der Waals surface area (Å²) in [6.45, 7) is 4.69. The molecule has 3 aromatic heterocycles. The number of hydrogen-bond acceptors (Lipinski definition) is 4. The van der Waals surface area contributed by atoms with Crippen LogP contribution in [0.4, 0.5) is 0 Å². The first-order valence-corrected chi connectivity index (χ1v) is 20.1. The number of nitrogens with zero attached hydrogens (tertiary/aromatic N) is 4. The molecule has 0 radical (unpaired) electrons. The van der Waals surface area contributed by atoms with Gasteiger partial charge in [0.15, 0.2) is 17.5 Å². The van der Waals surface area contributed by atoms with Gasteiger partial charge in [0.1, 0.15) is 11.2 Å². The average Bonchev–Trinajstić information content (AvgIpc) is 3.90. The lowest BCUT2D eigenvalue weighted by Crippen LogP contribution is -2.14. The molecule has 0 atom stereocenters. The molecule has 0 bridgehead atoms. The molecule has 59 heavy (non-hydrogen) atoms. The maximum absolute atomic E-state index is 6.93. The second kappa shape index (κ2) is 12.7. The minimum absolute atomic E-state index is 0.0882. The van der Waals surface area contributed by atoms with Crippen molar-refractivity contribution in [2.75, 3.05) is 0 Å². The van der Waals surface area contributed by atoms with Gasteiger partial charge in [-0.15, -0.1) is 0 Å². The first-order chi connectivity index (χ1) is 29.0. The minimum atomic E-state index is -0.0882. The SMILES string of the molecule is CC1(C)c2ccccc2-c2cc3c(cc21)c1ccccc1n3-c1ccc2c(c1)oc1cc(-c3ccccc3)cc(-c3nc(-c4ccccc4)nc(-c4ccccc4)n3)c12. The molecular formula is C54H36N4O. The number of fused-ring (bicyclic) bond motifs is 9. The Labute approximate surface area is 340 Å².